The van der Waals surface area contributed by atoms with Crippen LogP contribution in [0.3, 0.4) is 0 Å². The number of rotatable bonds is 8. The summed E-state index contributed by atoms with van der Waals surface area (Å²) < 4.78 is 42.6. The molecule has 1 aromatic heterocycles. The Morgan fingerprint density at radius 1 is 1.16 bits per heavy atom. The summed E-state index contributed by atoms with van der Waals surface area (Å²) in [5.41, 5.74) is 1.24. The van der Waals surface area contributed by atoms with Gasteiger partial charge in [-0.3, -0.25) is 9.69 Å². The number of ketones is 1. The Hall–Kier alpha value is -0.990. The SMILES string of the molecule is O=C(CCC(F)(F)F)CC1CCC(CCN2CCc3sc(C4CCCO4)nc3C2)CC1. The first kappa shape index (κ1) is 23.2. The van der Waals surface area contributed by atoms with Gasteiger partial charge in [0.2, 0.25) is 0 Å². The van der Waals surface area contributed by atoms with Crippen LogP contribution in [-0.4, -0.2) is 41.5 Å². The summed E-state index contributed by atoms with van der Waals surface area (Å²) in [7, 11) is 0. The Morgan fingerprint density at radius 3 is 2.65 bits per heavy atom. The largest absolute Gasteiger partial charge is 0.389 e. The molecule has 0 bridgehead atoms. The van der Waals surface area contributed by atoms with Crippen molar-refractivity contribution in [2.24, 2.45) is 11.8 Å². The lowest BCUT2D eigenvalue weighted by molar-refractivity contribution is -0.143. The number of nitrogens with zero attached hydrogens (tertiary/aromatic N) is 2. The highest BCUT2D eigenvalue weighted by Gasteiger charge is 2.30. The first-order valence-electron chi connectivity index (χ1n) is 11.8. The summed E-state index contributed by atoms with van der Waals surface area (Å²) >= 11 is 1.84. The number of carbonyl (C=O) groups excluding carboxylic acids is 1. The van der Waals surface area contributed by atoms with Crippen molar-refractivity contribution in [2.45, 2.75) is 89.5 Å². The van der Waals surface area contributed by atoms with Crippen LogP contribution in [0, 0.1) is 11.8 Å². The first-order valence-corrected chi connectivity index (χ1v) is 12.6. The van der Waals surface area contributed by atoms with Gasteiger partial charge < -0.3 is 4.74 Å². The van der Waals surface area contributed by atoms with Crippen molar-refractivity contribution in [3.8, 4) is 0 Å². The normalized spacial score (nSPS) is 27.4. The summed E-state index contributed by atoms with van der Waals surface area (Å²) in [6.45, 7) is 3.95. The summed E-state index contributed by atoms with van der Waals surface area (Å²) in [5.74, 6) is 0.720. The molecule has 3 heterocycles. The average Bonchev–Trinajstić information content (AvgIpc) is 3.40. The van der Waals surface area contributed by atoms with Crippen LogP contribution in [0.25, 0.3) is 0 Å². The third-order valence-corrected chi connectivity index (χ3v) is 8.30. The molecule has 1 atom stereocenters. The highest BCUT2D eigenvalue weighted by molar-refractivity contribution is 7.11. The van der Waals surface area contributed by atoms with E-state index in [9.17, 15) is 18.0 Å². The van der Waals surface area contributed by atoms with Crippen molar-refractivity contribution in [3.05, 3.63) is 15.6 Å². The molecule has 1 saturated carbocycles. The molecule has 0 spiro atoms. The van der Waals surface area contributed by atoms with Crippen LogP contribution in [-0.2, 0) is 22.5 Å². The maximum atomic E-state index is 12.3. The van der Waals surface area contributed by atoms with Crippen LogP contribution in [0.2, 0.25) is 0 Å². The van der Waals surface area contributed by atoms with Crippen LogP contribution in [0.4, 0.5) is 13.2 Å². The van der Waals surface area contributed by atoms with Crippen LogP contribution < -0.4 is 0 Å². The van der Waals surface area contributed by atoms with E-state index in [0.717, 1.165) is 82.6 Å². The molecule has 174 valence electrons. The van der Waals surface area contributed by atoms with Gasteiger partial charge in [-0.15, -0.1) is 11.3 Å². The Bertz CT molecular complexity index is 738. The Balaban J connectivity index is 1.15. The second kappa shape index (κ2) is 10.3. The lowest BCUT2D eigenvalue weighted by atomic mass is 9.78. The smallest absolute Gasteiger partial charge is 0.371 e. The number of aromatic nitrogens is 1. The van der Waals surface area contributed by atoms with Gasteiger partial charge in [0.1, 0.15) is 16.9 Å². The van der Waals surface area contributed by atoms with Gasteiger partial charge in [-0.2, -0.15) is 13.2 Å². The zero-order valence-corrected chi connectivity index (χ0v) is 18.9. The molecule has 4 nitrogen and oxygen atoms in total. The van der Waals surface area contributed by atoms with Gasteiger partial charge in [0.15, 0.2) is 0 Å². The maximum Gasteiger partial charge on any atom is 0.389 e. The van der Waals surface area contributed by atoms with E-state index in [1.807, 2.05) is 11.3 Å². The van der Waals surface area contributed by atoms with Gasteiger partial charge in [0, 0.05) is 37.4 Å². The van der Waals surface area contributed by atoms with Crippen molar-refractivity contribution in [3.63, 3.8) is 0 Å². The third kappa shape index (κ3) is 6.75. The molecule has 0 aromatic carbocycles. The molecular weight excluding hydrogens is 425 g/mol. The lowest BCUT2D eigenvalue weighted by Crippen LogP contribution is -2.32. The monoisotopic (exact) mass is 458 g/mol. The van der Waals surface area contributed by atoms with E-state index in [4.69, 9.17) is 9.72 Å². The fourth-order valence-electron chi connectivity index (χ4n) is 5.17. The van der Waals surface area contributed by atoms with Gasteiger partial charge in [-0.05, 0) is 56.9 Å². The van der Waals surface area contributed by atoms with Gasteiger partial charge >= 0.3 is 6.18 Å². The van der Waals surface area contributed by atoms with Crippen molar-refractivity contribution in [2.75, 3.05) is 19.7 Å². The molecule has 0 amide bonds. The molecule has 1 saturated heterocycles. The van der Waals surface area contributed by atoms with E-state index in [-0.39, 0.29) is 24.2 Å². The highest BCUT2D eigenvalue weighted by atomic mass is 32.1. The van der Waals surface area contributed by atoms with E-state index >= 15 is 0 Å². The maximum absolute atomic E-state index is 12.3. The summed E-state index contributed by atoms with van der Waals surface area (Å²) in [6.07, 6.45) is 3.57. The van der Waals surface area contributed by atoms with E-state index < -0.39 is 12.6 Å². The van der Waals surface area contributed by atoms with Gasteiger partial charge in [-0.25, -0.2) is 4.98 Å². The number of hydrogen-bond acceptors (Lipinski definition) is 5. The fraction of sp³-hybridized carbons (Fsp3) is 0.826. The molecule has 0 N–H and O–H groups in total. The predicted molar refractivity (Wildman–Crippen MR) is 114 cm³/mol. The zero-order valence-electron chi connectivity index (χ0n) is 18.1. The van der Waals surface area contributed by atoms with Crippen molar-refractivity contribution < 1.29 is 22.7 Å². The summed E-state index contributed by atoms with van der Waals surface area (Å²) in [6, 6.07) is 0. The Kier molecular flexibility index (Phi) is 7.70. The van der Waals surface area contributed by atoms with Crippen LogP contribution >= 0.6 is 11.3 Å². The van der Waals surface area contributed by atoms with E-state index in [2.05, 4.69) is 4.90 Å². The van der Waals surface area contributed by atoms with Crippen LogP contribution in [0.15, 0.2) is 0 Å². The van der Waals surface area contributed by atoms with Crippen LogP contribution in [0.1, 0.15) is 85.9 Å². The Labute approximate surface area is 186 Å². The van der Waals surface area contributed by atoms with Gasteiger partial charge in [0.05, 0.1) is 12.1 Å². The number of hydrogen-bond donors (Lipinski definition) is 0. The molecule has 1 aromatic rings. The molecule has 3 aliphatic rings. The molecule has 2 fully saturated rings. The average molecular weight is 459 g/mol. The minimum atomic E-state index is -4.23. The third-order valence-electron chi connectivity index (χ3n) is 7.05. The standard InChI is InChI=1S/C23H33F3N2O2S/c24-23(25,26)10-7-18(29)14-17-5-3-16(4-6-17)8-11-28-12-9-21-19(15-28)27-22(31-21)20-2-1-13-30-20/h16-17,20H,1-15H2. The fourth-order valence-corrected chi connectivity index (χ4v) is 6.32. The number of ether oxygens (including phenoxy) is 1. The summed E-state index contributed by atoms with van der Waals surface area (Å²) in [4.78, 5) is 20.7. The van der Waals surface area contributed by atoms with E-state index in [1.165, 1.54) is 10.6 Å². The van der Waals surface area contributed by atoms with Crippen molar-refractivity contribution in [1.82, 2.24) is 9.88 Å². The highest BCUT2D eigenvalue weighted by Crippen LogP contribution is 2.36. The molecule has 1 unspecified atom stereocenters. The quantitative estimate of drug-likeness (QED) is 0.490. The summed E-state index contributed by atoms with van der Waals surface area (Å²) in [5, 5.41) is 1.16. The second-order valence-corrected chi connectivity index (χ2v) is 10.6. The van der Waals surface area contributed by atoms with Crippen LogP contribution in [0.5, 0.6) is 0 Å². The molecule has 0 radical (unpaired) electrons. The van der Waals surface area contributed by atoms with Crippen molar-refractivity contribution >= 4 is 17.1 Å². The first-order chi connectivity index (χ1) is 14.9. The molecular formula is C23H33F3N2O2S. The number of Topliss-reactive ketones (excluding diaryl/α,β-unsaturated/α-hetero) is 1. The van der Waals surface area contributed by atoms with E-state index in [1.54, 1.807) is 0 Å². The molecule has 1 aliphatic carbocycles. The minimum absolute atomic E-state index is 0.208. The van der Waals surface area contributed by atoms with Gasteiger partial charge in [0.25, 0.3) is 0 Å². The molecule has 4 rings (SSSR count). The molecule has 31 heavy (non-hydrogen) atoms. The Morgan fingerprint density at radius 2 is 1.94 bits per heavy atom. The van der Waals surface area contributed by atoms with Gasteiger partial charge in [-0.1, -0.05) is 12.8 Å². The topological polar surface area (TPSA) is 42.4 Å². The zero-order chi connectivity index (χ0) is 21.8. The number of alkyl halides is 3. The second-order valence-electron chi connectivity index (χ2n) is 9.48. The number of fused-ring (bicyclic) bond motifs is 1. The minimum Gasteiger partial charge on any atom is -0.371 e. The molecule has 2 aliphatic heterocycles. The van der Waals surface area contributed by atoms with E-state index in [0.29, 0.717) is 12.3 Å². The number of carbonyl (C=O) groups is 1. The molecule has 8 heteroatoms. The lowest BCUT2D eigenvalue weighted by Gasteiger charge is -2.31. The number of halogens is 3. The van der Waals surface area contributed by atoms with Crippen molar-refractivity contribution in [1.29, 1.82) is 0 Å². The predicted octanol–water partition coefficient (Wildman–Crippen LogP) is 5.85. The number of thiazole rings is 1.